The van der Waals surface area contributed by atoms with Crippen molar-refractivity contribution in [2.75, 3.05) is 7.05 Å². The molecule has 1 aliphatic rings. The molecule has 1 aliphatic carbocycles. The molecule has 4 N–H and O–H groups in total. The molecule has 3 nitrogen and oxygen atoms in total. The van der Waals surface area contributed by atoms with E-state index in [4.69, 9.17) is 5.73 Å². The van der Waals surface area contributed by atoms with Gasteiger partial charge in [0.2, 0.25) is 0 Å². The van der Waals surface area contributed by atoms with Crippen LogP contribution in [0, 0.1) is 0 Å². The minimum atomic E-state index is -0.0295. The van der Waals surface area contributed by atoms with E-state index in [1.54, 1.807) is 0 Å². The summed E-state index contributed by atoms with van der Waals surface area (Å²) in [6.07, 6.45) is 6.65. The molecule has 0 aromatic carbocycles. The van der Waals surface area contributed by atoms with Crippen LogP contribution in [0.25, 0.3) is 0 Å². The first kappa shape index (κ1) is 8.97. The van der Waals surface area contributed by atoms with Gasteiger partial charge >= 0.3 is 0 Å². The molecule has 11 heavy (non-hydrogen) atoms. The highest BCUT2D eigenvalue weighted by atomic mass is 15.2. The molecule has 1 rings (SSSR count). The number of nitrogens with one attached hydrogen (secondary N) is 2. The molecule has 1 saturated carbocycles. The van der Waals surface area contributed by atoms with Gasteiger partial charge in [0.25, 0.3) is 0 Å². The SMILES string of the molecule is CNC(N)NC1CCCCC1. The topological polar surface area (TPSA) is 50.1 Å². The summed E-state index contributed by atoms with van der Waals surface area (Å²) in [5, 5.41) is 6.31. The van der Waals surface area contributed by atoms with Crippen molar-refractivity contribution in [3.05, 3.63) is 0 Å². The Morgan fingerprint density at radius 2 is 1.91 bits per heavy atom. The van der Waals surface area contributed by atoms with E-state index in [1.807, 2.05) is 7.05 Å². The lowest BCUT2D eigenvalue weighted by Crippen LogP contribution is -2.52. The third kappa shape index (κ3) is 3.18. The zero-order chi connectivity index (χ0) is 8.10. The molecule has 1 unspecified atom stereocenters. The number of hydrogen-bond donors (Lipinski definition) is 3. The summed E-state index contributed by atoms with van der Waals surface area (Å²) in [5.41, 5.74) is 5.68. The van der Waals surface area contributed by atoms with Crippen LogP contribution < -0.4 is 16.4 Å². The van der Waals surface area contributed by atoms with E-state index in [2.05, 4.69) is 10.6 Å². The van der Waals surface area contributed by atoms with Crippen molar-refractivity contribution in [2.45, 2.75) is 44.4 Å². The molecule has 0 spiro atoms. The first-order valence-electron chi connectivity index (χ1n) is 4.52. The molecular formula is C8H19N3. The van der Waals surface area contributed by atoms with Gasteiger partial charge in [-0.05, 0) is 19.9 Å². The second-order valence-electron chi connectivity index (χ2n) is 3.27. The zero-order valence-electron chi connectivity index (χ0n) is 7.27. The largest absolute Gasteiger partial charge is 0.304 e. The summed E-state index contributed by atoms with van der Waals surface area (Å²) in [5.74, 6) is 0. The van der Waals surface area contributed by atoms with Crippen LogP contribution in [0.2, 0.25) is 0 Å². The summed E-state index contributed by atoms with van der Waals surface area (Å²) < 4.78 is 0. The van der Waals surface area contributed by atoms with E-state index >= 15 is 0 Å². The fourth-order valence-corrected chi connectivity index (χ4v) is 1.61. The van der Waals surface area contributed by atoms with Crippen molar-refractivity contribution in [1.82, 2.24) is 10.6 Å². The van der Waals surface area contributed by atoms with E-state index in [0.29, 0.717) is 6.04 Å². The maximum atomic E-state index is 5.68. The third-order valence-corrected chi connectivity index (χ3v) is 2.33. The van der Waals surface area contributed by atoms with Crippen molar-refractivity contribution in [2.24, 2.45) is 5.73 Å². The molecule has 1 fully saturated rings. The van der Waals surface area contributed by atoms with Gasteiger partial charge in [-0.15, -0.1) is 0 Å². The summed E-state index contributed by atoms with van der Waals surface area (Å²) >= 11 is 0. The Balaban J connectivity index is 2.13. The molecular weight excluding hydrogens is 138 g/mol. The molecule has 0 bridgehead atoms. The number of nitrogens with two attached hydrogens (primary N) is 1. The molecule has 0 saturated heterocycles. The number of rotatable bonds is 3. The van der Waals surface area contributed by atoms with Crippen molar-refractivity contribution in [1.29, 1.82) is 0 Å². The predicted molar refractivity (Wildman–Crippen MR) is 47.0 cm³/mol. The zero-order valence-corrected chi connectivity index (χ0v) is 7.27. The highest BCUT2D eigenvalue weighted by Crippen LogP contribution is 2.16. The smallest absolute Gasteiger partial charge is 0.109 e. The van der Waals surface area contributed by atoms with Gasteiger partial charge in [0, 0.05) is 6.04 Å². The first-order valence-corrected chi connectivity index (χ1v) is 4.52. The van der Waals surface area contributed by atoms with Gasteiger partial charge in [0.1, 0.15) is 6.29 Å². The minimum Gasteiger partial charge on any atom is -0.304 e. The second-order valence-corrected chi connectivity index (χ2v) is 3.27. The van der Waals surface area contributed by atoms with Crippen molar-refractivity contribution in [3.8, 4) is 0 Å². The molecule has 0 heterocycles. The van der Waals surface area contributed by atoms with E-state index in [9.17, 15) is 0 Å². The van der Waals surface area contributed by atoms with Crippen LogP contribution in [0.1, 0.15) is 32.1 Å². The van der Waals surface area contributed by atoms with Crippen molar-refractivity contribution >= 4 is 0 Å². The summed E-state index contributed by atoms with van der Waals surface area (Å²) in [7, 11) is 1.88. The van der Waals surface area contributed by atoms with Crippen LogP contribution in [0.3, 0.4) is 0 Å². The lowest BCUT2D eigenvalue weighted by Gasteiger charge is -2.25. The fraction of sp³-hybridized carbons (Fsp3) is 1.00. The van der Waals surface area contributed by atoms with Crippen LogP contribution in [-0.2, 0) is 0 Å². The molecule has 0 amide bonds. The first-order chi connectivity index (χ1) is 5.33. The normalized spacial score (nSPS) is 23.5. The standard InChI is InChI=1S/C8H19N3/c1-10-8(9)11-7-5-3-2-4-6-7/h7-8,10-11H,2-6,9H2,1H3. The van der Waals surface area contributed by atoms with Crippen LogP contribution in [-0.4, -0.2) is 19.4 Å². The Bertz CT molecular complexity index is 99.5. The van der Waals surface area contributed by atoms with E-state index < -0.39 is 0 Å². The predicted octanol–water partition coefficient (Wildman–Crippen LogP) is 0.370. The van der Waals surface area contributed by atoms with Gasteiger partial charge in [-0.3, -0.25) is 10.6 Å². The summed E-state index contributed by atoms with van der Waals surface area (Å²) in [6, 6.07) is 0.645. The van der Waals surface area contributed by atoms with Gasteiger partial charge in [-0.25, -0.2) is 0 Å². The summed E-state index contributed by atoms with van der Waals surface area (Å²) in [4.78, 5) is 0. The average Bonchev–Trinajstić information content (AvgIpc) is 2.06. The molecule has 66 valence electrons. The molecule has 0 aliphatic heterocycles. The van der Waals surface area contributed by atoms with E-state index in [0.717, 1.165) is 0 Å². The van der Waals surface area contributed by atoms with Gasteiger partial charge in [-0.1, -0.05) is 19.3 Å². The van der Waals surface area contributed by atoms with Gasteiger partial charge < -0.3 is 5.73 Å². The van der Waals surface area contributed by atoms with Crippen LogP contribution >= 0.6 is 0 Å². The van der Waals surface area contributed by atoms with Crippen molar-refractivity contribution < 1.29 is 0 Å². The van der Waals surface area contributed by atoms with E-state index in [1.165, 1.54) is 32.1 Å². The van der Waals surface area contributed by atoms with Gasteiger partial charge in [0.05, 0.1) is 0 Å². The lowest BCUT2D eigenvalue weighted by atomic mass is 9.96. The average molecular weight is 157 g/mol. The Morgan fingerprint density at radius 1 is 1.27 bits per heavy atom. The lowest BCUT2D eigenvalue weighted by molar-refractivity contribution is 0.321. The van der Waals surface area contributed by atoms with Crippen molar-refractivity contribution in [3.63, 3.8) is 0 Å². The molecule has 3 heteroatoms. The Hall–Kier alpha value is -0.120. The molecule has 1 atom stereocenters. The fourth-order valence-electron chi connectivity index (χ4n) is 1.61. The minimum absolute atomic E-state index is 0.0295. The molecule has 0 radical (unpaired) electrons. The van der Waals surface area contributed by atoms with Crippen LogP contribution in [0.5, 0.6) is 0 Å². The van der Waals surface area contributed by atoms with E-state index in [-0.39, 0.29) is 6.29 Å². The maximum Gasteiger partial charge on any atom is 0.109 e. The maximum absolute atomic E-state index is 5.68. The number of hydrogen-bond acceptors (Lipinski definition) is 3. The summed E-state index contributed by atoms with van der Waals surface area (Å²) in [6.45, 7) is 0. The highest BCUT2D eigenvalue weighted by molar-refractivity contribution is 4.73. The quantitative estimate of drug-likeness (QED) is 0.519. The Kier molecular flexibility index (Phi) is 3.83. The Morgan fingerprint density at radius 3 is 2.45 bits per heavy atom. The highest BCUT2D eigenvalue weighted by Gasteiger charge is 2.13. The molecule has 0 aromatic rings. The van der Waals surface area contributed by atoms with Crippen LogP contribution in [0.4, 0.5) is 0 Å². The Labute approximate surface area is 68.7 Å². The second kappa shape index (κ2) is 4.70. The van der Waals surface area contributed by atoms with Crippen LogP contribution in [0.15, 0.2) is 0 Å². The molecule has 0 aromatic heterocycles. The monoisotopic (exact) mass is 157 g/mol. The third-order valence-electron chi connectivity index (χ3n) is 2.33. The van der Waals surface area contributed by atoms with Gasteiger partial charge in [-0.2, -0.15) is 0 Å². The van der Waals surface area contributed by atoms with Gasteiger partial charge in [0.15, 0.2) is 0 Å².